The molecule has 8 heteroatoms. The highest BCUT2D eigenvalue weighted by Gasteiger charge is 2.29. The number of H-pyrrole nitrogens is 1. The maximum absolute atomic E-state index is 12.8. The maximum atomic E-state index is 12.8. The third kappa shape index (κ3) is 3.51. The predicted molar refractivity (Wildman–Crippen MR) is 98.4 cm³/mol. The summed E-state index contributed by atoms with van der Waals surface area (Å²) >= 11 is 0. The molecule has 1 unspecified atom stereocenters. The molecule has 1 atom stereocenters. The number of carbonyl (C=O) groups is 1. The van der Waals surface area contributed by atoms with E-state index in [0.29, 0.717) is 30.5 Å². The van der Waals surface area contributed by atoms with Gasteiger partial charge >= 0.3 is 0 Å². The fraction of sp³-hybridized carbons (Fsp3) is 0.316. The number of aromatic nitrogens is 3. The van der Waals surface area contributed by atoms with Crippen LogP contribution in [0.4, 0.5) is 0 Å². The largest absolute Gasteiger partial charge is 0.497 e. The summed E-state index contributed by atoms with van der Waals surface area (Å²) in [6.07, 6.45) is 3.67. The first-order chi connectivity index (χ1) is 13.2. The van der Waals surface area contributed by atoms with Crippen LogP contribution in [-0.2, 0) is 0 Å². The Morgan fingerprint density at radius 3 is 2.85 bits per heavy atom. The molecule has 1 aliphatic rings. The SMILES string of the molecule is COc1ccc2cc(C(=O)N3CCC(Oc4cncc(OC)n4)C3)[nH]c2c1. The molecule has 1 amide bonds. The number of carbonyl (C=O) groups excluding carboxylic acids is 1. The third-order valence-electron chi connectivity index (χ3n) is 4.58. The summed E-state index contributed by atoms with van der Waals surface area (Å²) in [4.78, 5) is 26.0. The van der Waals surface area contributed by atoms with E-state index in [2.05, 4.69) is 15.0 Å². The van der Waals surface area contributed by atoms with Gasteiger partial charge in [-0.1, -0.05) is 0 Å². The quantitative estimate of drug-likeness (QED) is 0.743. The topological polar surface area (TPSA) is 89.6 Å². The average Bonchev–Trinajstić information content (AvgIpc) is 3.33. The minimum Gasteiger partial charge on any atom is -0.497 e. The molecule has 140 valence electrons. The van der Waals surface area contributed by atoms with E-state index in [0.717, 1.165) is 23.1 Å². The Morgan fingerprint density at radius 2 is 2.04 bits per heavy atom. The van der Waals surface area contributed by atoms with Crippen LogP contribution in [0.5, 0.6) is 17.5 Å². The molecule has 3 aromatic rings. The van der Waals surface area contributed by atoms with Crippen molar-refractivity contribution in [2.45, 2.75) is 12.5 Å². The van der Waals surface area contributed by atoms with Crippen molar-refractivity contribution in [3.8, 4) is 17.5 Å². The second-order valence-electron chi connectivity index (χ2n) is 6.32. The summed E-state index contributed by atoms with van der Waals surface area (Å²) < 4.78 is 16.1. The van der Waals surface area contributed by atoms with Crippen LogP contribution in [0.25, 0.3) is 10.9 Å². The molecule has 1 aliphatic heterocycles. The van der Waals surface area contributed by atoms with Gasteiger partial charge in [-0.2, -0.15) is 4.98 Å². The number of likely N-dealkylation sites (tertiary alicyclic amines) is 1. The standard InChI is InChI=1S/C19H20N4O4/c1-25-13-4-3-12-7-16(21-15(12)8-13)19(24)23-6-5-14(11-23)27-18-10-20-9-17(22-18)26-2/h3-4,7-10,14,21H,5-6,11H2,1-2H3. The van der Waals surface area contributed by atoms with Gasteiger partial charge in [-0.05, 0) is 18.2 Å². The van der Waals surface area contributed by atoms with Gasteiger partial charge < -0.3 is 24.1 Å². The van der Waals surface area contributed by atoms with E-state index in [-0.39, 0.29) is 12.0 Å². The zero-order valence-corrected chi connectivity index (χ0v) is 15.1. The minimum absolute atomic E-state index is 0.0482. The lowest BCUT2D eigenvalue weighted by Crippen LogP contribution is -2.31. The number of nitrogens with one attached hydrogen (secondary N) is 1. The van der Waals surface area contributed by atoms with Crippen molar-refractivity contribution < 1.29 is 19.0 Å². The molecule has 1 N–H and O–H groups in total. The number of aromatic amines is 1. The van der Waals surface area contributed by atoms with Gasteiger partial charge in [-0.25, -0.2) is 0 Å². The van der Waals surface area contributed by atoms with Gasteiger partial charge in [0.1, 0.15) is 17.5 Å². The Hall–Kier alpha value is -3.29. The van der Waals surface area contributed by atoms with E-state index in [1.165, 1.54) is 19.5 Å². The van der Waals surface area contributed by atoms with Crippen molar-refractivity contribution in [1.29, 1.82) is 0 Å². The van der Waals surface area contributed by atoms with Crippen LogP contribution in [0.1, 0.15) is 16.9 Å². The molecular weight excluding hydrogens is 348 g/mol. The van der Waals surface area contributed by atoms with Gasteiger partial charge in [0.2, 0.25) is 11.8 Å². The Morgan fingerprint density at radius 1 is 1.19 bits per heavy atom. The summed E-state index contributed by atoms with van der Waals surface area (Å²) in [6, 6.07) is 7.54. The van der Waals surface area contributed by atoms with Gasteiger partial charge in [0, 0.05) is 29.9 Å². The van der Waals surface area contributed by atoms with Crippen LogP contribution in [-0.4, -0.2) is 59.2 Å². The third-order valence-corrected chi connectivity index (χ3v) is 4.58. The van der Waals surface area contributed by atoms with Gasteiger partial charge in [0.25, 0.3) is 5.91 Å². The Labute approximate surface area is 156 Å². The van der Waals surface area contributed by atoms with Gasteiger partial charge in [0.15, 0.2) is 0 Å². The zero-order chi connectivity index (χ0) is 18.8. The van der Waals surface area contributed by atoms with E-state index >= 15 is 0 Å². The number of amides is 1. The maximum Gasteiger partial charge on any atom is 0.270 e. The average molecular weight is 368 g/mol. The van der Waals surface area contributed by atoms with Gasteiger partial charge in [-0.3, -0.25) is 9.78 Å². The lowest BCUT2D eigenvalue weighted by Gasteiger charge is -2.16. The lowest BCUT2D eigenvalue weighted by atomic mass is 10.2. The number of methoxy groups -OCH3 is 2. The second kappa shape index (κ2) is 7.14. The first-order valence-corrected chi connectivity index (χ1v) is 8.65. The fourth-order valence-electron chi connectivity index (χ4n) is 3.18. The normalized spacial score (nSPS) is 16.5. The lowest BCUT2D eigenvalue weighted by molar-refractivity contribution is 0.0766. The highest BCUT2D eigenvalue weighted by molar-refractivity contribution is 5.98. The van der Waals surface area contributed by atoms with Crippen LogP contribution in [0.15, 0.2) is 36.7 Å². The molecule has 0 aliphatic carbocycles. The molecule has 0 saturated carbocycles. The monoisotopic (exact) mass is 368 g/mol. The first-order valence-electron chi connectivity index (χ1n) is 8.65. The summed E-state index contributed by atoms with van der Waals surface area (Å²) in [5.74, 6) is 1.49. The Bertz CT molecular complexity index is 971. The molecule has 2 aromatic heterocycles. The first kappa shape index (κ1) is 17.1. The van der Waals surface area contributed by atoms with Gasteiger partial charge in [-0.15, -0.1) is 0 Å². The minimum atomic E-state index is -0.125. The van der Waals surface area contributed by atoms with Crippen LogP contribution in [0.2, 0.25) is 0 Å². The molecule has 1 fully saturated rings. The second-order valence-corrected chi connectivity index (χ2v) is 6.32. The zero-order valence-electron chi connectivity index (χ0n) is 15.1. The van der Waals surface area contributed by atoms with Crippen LogP contribution in [0.3, 0.4) is 0 Å². The van der Waals surface area contributed by atoms with E-state index < -0.39 is 0 Å². The smallest absolute Gasteiger partial charge is 0.270 e. The van der Waals surface area contributed by atoms with Crippen molar-refractivity contribution in [2.24, 2.45) is 0 Å². The van der Waals surface area contributed by atoms with Crippen molar-refractivity contribution >= 4 is 16.8 Å². The number of ether oxygens (including phenoxy) is 3. The van der Waals surface area contributed by atoms with Crippen LogP contribution < -0.4 is 14.2 Å². The molecule has 4 rings (SSSR count). The van der Waals surface area contributed by atoms with Crippen molar-refractivity contribution in [1.82, 2.24) is 19.9 Å². The molecule has 1 saturated heterocycles. The number of hydrogen-bond donors (Lipinski definition) is 1. The summed E-state index contributed by atoms with van der Waals surface area (Å²) in [7, 11) is 3.15. The number of fused-ring (bicyclic) bond motifs is 1. The molecule has 3 heterocycles. The molecule has 1 aromatic carbocycles. The van der Waals surface area contributed by atoms with E-state index in [4.69, 9.17) is 14.2 Å². The number of rotatable bonds is 5. The van der Waals surface area contributed by atoms with E-state index in [9.17, 15) is 4.79 Å². The summed E-state index contributed by atoms with van der Waals surface area (Å²) in [6.45, 7) is 1.12. The van der Waals surface area contributed by atoms with Crippen LogP contribution in [0, 0.1) is 0 Å². The number of nitrogens with zero attached hydrogens (tertiary/aromatic N) is 3. The van der Waals surface area contributed by atoms with E-state index in [1.807, 2.05) is 24.3 Å². The number of benzene rings is 1. The predicted octanol–water partition coefficient (Wildman–Crippen LogP) is 2.27. The van der Waals surface area contributed by atoms with E-state index in [1.54, 1.807) is 12.0 Å². The number of hydrogen-bond acceptors (Lipinski definition) is 6. The molecular formula is C19H20N4O4. The summed E-state index contributed by atoms with van der Waals surface area (Å²) in [5, 5.41) is 0.970. The highest BCUT2D eigenvalue weighted by atomic mass is 16.5. The molecule has 8 nitrogen and oxygen atoms in total. The van der Waals surface area contributed by atoms with Crippen LogP contribution >= 0.6 is 0 Å². The molecule has 27 heavy (non-hydrogen) atoms. The Kier molecular flexibility index (Phi) is 4.53. The van der Waals surface area contributed by atoms with Gasteiger partial charge in [0.05, 0.1) is 33.2 Å². The summed E-state index contributed by atoms with van der Waals surface area (Å²) in [5.41, 5.74) is 1.43. The molecule has 0 spiro atoms. The van der Waals surface area contributed by atoms with Crippen molar-refractivity contribution in [3.05, 3.63) is 42.4 Å². The highest BCUT2D eigenvalue weighted by Crippen LogP contribution is 2.24. The fourth-order valence-corrected chi connectivity index (χ4v) is 3.18. The molecule has 0 radical (unpaired) electrons. The van der Waals surface area contributed by atoms with Crippen molar-refractivity contribution in [2.75, 3.05) is 27.3 Å². The Balaban J connectivity index is 1.44. The molecule has 0 bridgehead atoms. The van der Waals surface area contributed by atoms with Crippen molar-refractivity contribution in [3.63, 3.8) is 0 Å².